The van der Waals surface area contributed by atoms with Crippen molar-refractivity contribution in [2.24, 2.45) is 0 Å². The zero-order valence-electron chi connectivity index (χ0n) is 14.6. The van der Waals surface area contributed by atoms with Crippen LogP contribution in [0.25, 0.3) is 6.08 Å². The van der Waals surface area contributed by atoms with Gasteiger partial charge in [-0.05, 0) is 42.5 Å². The van der Waals surface area contributed by atoms with Gasteiger partial charge in [-0.3, -0.25) is 4.79 Å². The Bertz CT molecular complexity index is 835. The van der Waals surface area contributed by atoms with Gasteiger partial charge in [-0.1, -0.05) is 15.9 Å². The molecule has 0 spiro atoms. The number of nitrogens with one attached hydrogen (secondary N) is 1. The van der Waals surface area contributed by atoms with Crippen molar-refractivity contribution in [1.82, 2.24) is 5.32 Å². The fourth-order valence-corrected chi connectivity index (χ4v) is 3.25. The summed E-state index contributed by atoms with van der Waals surface area (Å²) in [5.41, 5.74) is 1.75. The van der Waals surface area contributed by atoms with E-state index in [0.717, 1.165) is 27.8 Å². The number of hydrogen-bond acceptors (Lipinski definition) is 4. The van der Waals surface area contributed by atoms with Crippen LogP contribution in [-0.4, -0.2) is 26.7 Å². The summed E-state index contributed by atoms with van der Waals surface area (Å²) in [4.78, 5) is 12.4. The number of hydrogen-bond donors (Lipinski definition) is 1. The topological polar surface area (TPSA) is 56.8 Å². The lowest BCUT2D eigenvalue weighted by Crippen LogP contribution is -2.31. The second-order valence-electron chi connectivity index (χ2n) is 5.82. The summed E-state index contributed by atoms with van der Waals surface area (Å²) in [6, 6.07) is 11.2. The second kappa shape index (κ2) is 8.27. The lowest BCUT2D eigenvalue weighted by atomic mass is 10.0. The van der Waals surface area contributed by atoms with Gasteiger partial charge in [0.2, 0.25) is 5.91 Å². The molecule has 1 amide bonds. The van der Waals surface area contributed by atoms with Gasteiger partial charge in [0.05, 0.1) is 26.9 Å². The highest BCUT2D eigenvalue weighted by Crippen LogP contribution is 2.34. The maximum atomic E-state index is 12.4. The van der Waals surface area contributed by atoms with Crippen LogP contribution in [0.3, 0.4) is 0 Å². The van der Waals surface area contributed by atoms with Crippen LogP contribution < -0.4 is 19.5 Å². The molecule has 0 radical (unpaired) electrons. The number of ether oxygens (including phenoxy) is 3. The number of carbonyl (C=O) groups is 1. The summed E-state index contributed by atoms with van der Waals surface area (Å²) in [6.45, 7) is 0.576. The maximum absolute atomic E-state index is 12.4. The molecule has 5 nitrogen and oxygen atoms in total. The van der Waals surface area contributed by atoms with Gasteiger partial charge < -0.3 is 19.5 Å². The molecule has 1 unspecified atom stereocenters. The Balaban J connectivity index is 1.74. The molecule has 1 N–H and O–H groups in total. The van der Waals surface area contributed by atoms with E-state index in [1.807, 2.05) is 36.4 Å². The van der Waals surface area contributed by atoms with Crippen LogP contribution in [0.2, 0.25) is 0 Å². The third-order valence-electron chi connectivity index (χ3n) is 4.18. The summed E-state index contributed by atoms with van der Waals surface area (Å²) in [7, 11) is 3.19. The number of fused-ring (bicyclic) bond motifs is 1. The minimum atomic E-state index is -0.173. The van der Waals surface area contributed by atoms with Gasteiger partial charge in [-0.25, -0.2) is 0 Å². The molecule has 136 valence electrons. The average Bonchev–Trinajstić information content (AvgIpc) is 2.66. The smallest absolute Gasteiger partial charge is 0.244 e. The summed E-state index contributed by atoms with van der Waals surface area (Å²) in [5, 5.41) is 3.04. The van der Waals surface area contributed by atoms with Gasteiger partial charge >= 0.3 is 0 Å². The van der Waals surface area contributed by atoms with Crippen molar-refractivity contribution in [3.63, 3.8) is 0 Å². The van der Waals surface area contributed by atoms with Crippen molar-refractivity contribution in [2.75, 3.05) is 20.8 Å². The van der Waals surface area contributed by atoms with E-state index in [2.05, 4.69) is 21.2 Å². The van der Waals surface area contributed by atoms with Gasteiger partial charge in [-0.15, -0.1) is 0 Å². The molecule has 6 heteroatoms. The molecule has 0 fully saturated rings. The van der Waals surface area contributed by atoms with Crippen LogP contribution in [0.4, 0.5) is 0 Å². The normalized spacial score (nSPS) is 15.9. The third kappa shape index (κ3) is 4.19. The quantitative estimate of drug-likeness (QED) is 0.743. The molecule has 1 aliphatic heterocycles. The molecule has 1 heterocycles. The largest absolute Gasteiger partial charge is 0.497 e. The Morgan fingerprint density at radius 3 is 2.85 bits per heavy atom. The van der Waals surface area contributed by atoms with Crippen LogP contribution in [0.1, 0.15) is 23.6 Å². The number of rotatable bonds is 5. The molecular formula is C20H20BrNO4. The number of carbonyl (C=O) groups excluding carboxylic acids is 1. The van der Waals surface area contributed by atoms with E-state index in [0.29, 0.717) is 18.1 Å². The Labute approximate surface area is 161 Å². The Morgan fingerprint density at radius 2 is 2.08 bits per heavy atom. The molecule has 0 saturated carbocycles. The molecule has 0 saturated heterocycles. The van der Waals surface area contributed by atoms with E-state index in [1.54, 1.807) is 20.3 Å². The zero-order valence-corrected chi connectivity index (χ0v) is 16.2. The van der Waals surface area contributed by atoms with Crippen molar-refractivity contribution in [1.29, 1.82) is 0 Å². The van der Waals surface area contributed by atoms with Crippen LogP contribution in [0.5, 0.6) is 17.2 Å². The van der Waals surface area contributed by atoms with Crippen molar-refractivity contribution in [3.8, 4) is 17.2 Å². The predicted molar refractivity (Wildman–Crippen MR) is 104 cm³/mol. The van der Waals surface area contributed by atoms with Gasteiger partial charge in [0.15, 0.2) is 0 Å². The molecule has 3 rings (SSSR count). The first-order valence-electron chi connectivity index (χ1n) is 8.23. The molecule has 1 atom stereocenters. The van der Waals surface area contributed by atoms with Crippen LogP contribution >= 0.6 is 15.9 Å². The van der Waals surface area contributed by atoms with Crippen molar-refractivity contribution in [2.45, 2.75) is 12.5 Å². The lowest BCUT2D eigenvalue weighted by Gasteiger charge is -2.26. The van der Waals surface area contributed by atoms with Crippen LogP contribution in [-0.2, 0) is 4.79 Å². The molecule has 0 aromatic heterocycles. The van der Waals surface area contributed by atoms with E-state index in [4.69, 9.17) is 14.2 Å². The first-order valence-corrected chi connectivity index (χ1v) is 9.03. The molecule has 2 aromatic carbocycles. The highest BCUT2D eigenvalue weighted by Gasteiger charge is 2.22. The van der Waals surface area contributed by atoms with Gasteiger partial charge in [-0.2, -0.15) is 0 Å². The molecular weight excluding hydrogens is 398 g/mol. The lowest BCUT2D eigenvalue weighted by molar-refractivity contribution is -0.117. The van der Waals surface area contributed by atoms with Gasteiger partial charge in [0.25, 0.3) is 0 Å². The number of methoxy groups -OCH3 is 2. The van der Waals surface area contributed by atoms with Crippen LogP contribution in [0.15, 0.2) is 46.9 Å². The number of benzene rings is 2. The standard InChI is InChI=1S/C20H20BrNO4/c1-24-15-5-7-18(25-2)13(11-15)3-8-20(23)22-17-9-10-26-19-6-4-14(21)12-16(17)19/h3-8,11-12,17H,9-10H2,1-2H3,(H,22,23)/b8-3+. The van der Waals surface area contributed by atoms with E-state index < -0.39 is 0 Å². The van der Waals surface area contributed by atoms with Crippen molar-refractivity contribution >= 4 is 27.9 Å². The van der Waals surface area contributed by atoms with E-state index in [9.17, 15) is 4.79 Å². The SMILES string of the molecule is COc1ccc(OC)c(/C=C/C(=O)NC2CCOc3ccc(Br)cc32)c1. The Morgan fingerprint density at radius 1 is 1.23 bits per heavy atom. The highest BCUT2D eigenvalue weighted by molar-refractivity contribution is 9.10. The van der Waals surface area contributed by atoms with Crippen molar-refractivity contribution < 1.29 is 19.0 Å². The van der Waals surface area contributed by atoms with E-state index >= 15 is 0 Å². The van der Waals surface area contributed by atoms with E-state index in [-0.39, 0.29) is 11.9 Å². The first kappa shape index (κ1) is 18.3. The maximum Gasteiger partial charge on any atom is 0.244 e. The molecule has 26 heavy (non-hydrogen) atoms. The third-order valence-corrected chi connectivity index (χ3v) is 4.67. The Hall–Kier alpha value is -2.47. The average molecular weight is 418 g/mol. The fraction of sp³-hybridized carbons (Fsp3) is 0.250. The number of amides is 1. The second-order valence-corrected chi connectivity index (χ2v) is 6.74. The summed E-state index contributed by atoms with van der Waals surface area (Å²) < 4.78 is 17.2. The highest BCUT2D eigenvalue weighted by atomic mass is 79.9. The summed E-state index contributed by atoms with van der Waals surface area (Å²) >= 11 is 3.47. The van der Waals surface area contributed by atoms with Gasteiger partial charge in [0, 0.05) is 28.1 Å². The zero-order chi connectivity index (χ0) is 18.5. The molecule has 1 aliphatic rings. The summed E-state index contributed by atoms with van der Waals surface area (Å²) in [5.74, 6) is 2.01. The first-order chi connectivity index (χ1) is 12.6. The monoisotopic (exact) mass is 417 g/mol. The number of halogens is 1. The molecule has 0 bridgehead atoms. The fourth-order valence-electron chi connectivity index (χ4n) is 2.87. The van der Waals surface area contributed by atoms with E-state index in [1.165, 1.54) is 6.08 Å². The molecule has 0 aliphatic carbocycles. The summed E-state index contributed by atoms with van der Waals surface area (Å²) in [6.07, 6.45) is 3.95. The minimum Gasteiger partial charge on any atom is -0.497 e. The van der Waals surface area contributed by atoms with Gasteiger partial charge in [0.1, 0.15) is 17.2 Å². The predicted octanol–water partition coefficient (Wildman–Crippen LogP) is 4.12. The Kier molecular flexibility index (Phi) is 5.83. The van der Waals surface area contributed by atoms with Crippen LogP contribution in [0, 0.1) is 0 Å². The van der Waals surface area contributed by atoms with Crippen molar-refractivity contribution in [3.05, 3.63) is 58.1 Å². The molecule has 2 aromatic rings. The minimum absolute atomic E-state index is 0.0828.